The lowest BCUT2D eigenvalue weighted by Crippen LogP contribution is -2.37. The smallest absolute Gasteiger partial charge is 0.222 e. The molecule has 2 heterocycles. The molecule has 0 radical (unpaired) electrons. The minimum atomic E-state index is 0.636. The summed E-state index contributed by atoms with van der Waals surface area (Å²) in [5.41, 5.74) is 8.11. The Morgan fingerprint density at radius 3 is 2.64 bits per heavy atom. The van der Waals surface area contributed by atoms with Gasteiger partial charge in [0, 0.05) is 43.3 Å². The van der Waals surface area contributed by atoms with Crippen LogP contribution in [0.3, 0.4) is 0 Å². The zero-order valence-corrected chi connectivity index (χ0v) is 14.2. The van der Waals surface area contributed by atoms with Crippen LogP contribution < -0.4 is 11.1 Å². The zero-order valence-electron chi connectivity index (χ0n) is 14.2. The van der Waals surface area contributed by atoms with Gasteiger partial charge in [-0.25, -0.2) is 9.97 Å². The second-order valence-electron chi connectivity index (χ2n) is 5.91. The summed E-state index contributed by atoms with van der Waals surface area (Å²) < 4.78 is 5.35. The largest absolute Gasteiger partial charge is 0.399 e. The summed E-state index contributed by atoms with van der Waals surface area (Å²) in [5, 5.41) is 3.25. The fourth-order valence-electron chi connectivity index (χ4n) is 2.57. The van der Waals surface area contributed by atoms with Crippen molar-refractivity contribution in [3.05, 3.63) is 47.8 Å². The maximum absolute atomic E-state index is 5.74. The molecule has 1 aromatic carbocycles. The number of hydrogen-bond donors (Lipinski definition) is 2. The van der Waals surface area contributed by atoms with Crippen molar-refractivity contribution in [2.24, 2.45) is 0 Å². The first-order chi connectivity index (χ1) is 12.3. The maximum Gasteiger partial charge on any atom is 0.222 e. The number of nitrogen functional groups attached to an aromatic ring is 1. The predicted molar refractivity (Wildman–Crippen MR) is 99.2 cm³/mol. The Bertz CT molecular complexity index is 729. The number of benzene rings is 1. The standard InChI is InChI=1S/C19H23N5O/c20-18-4-1-3-16(13-18)5-6-17-14-22-19(23-15-17)21-7-2-8-24-9-11-25-12-10-24/h1,3-4,13-15H,2,7-12,20H2,(H,21,22,23). The monoisotopic (exact) mass is 337 g/mol. The first-order valence-corrected chi connectivity index (χ1v) is 8.53. The molecule has 0 atom stereocenters. The van der Waals surface area contributed by atoms with Crippen molar-refractivity contribution in [2.75, 3.05) is 50.4 Å². The van der Waals surface area contributed by atoms with Gasteiger partial charge in [-0.1, -0.05) is 17.9 Å². The third-order valence-corrected chi connectivity index (χ3v) is 3.93. The summed E-state index contributed by atoms with van der Waals surface area (Å²) in [6, 6.07) is 7.50. The van der Waals surface area contributed by atoms with E-state index < -0.39 is 0 Å². The van der Waals surface area contributed by atoms with Crippen LogP contribution in [0.15, 0.2) is 36.7 Å². The Labute approximate surface area is 148 Å². The molecular formula is C19H23N5O. The van der Waals surface area contributed by atoms with Crippen molar-refractivity contribution in [3.8, 4) is 11.8 Å². The summed E-state index contributed by atoms with van der Waals surface area (Å²) >= 11 is 0. The molecule has 0 saturated carbocycles. The Hall–Kier alpha value is -2.62. The maximum atomic E-state index is 5.74. The summed E-state index contributed by atoms with van der Waals surface area (Å²) in [5.74, 6) is 6.75. The van der Waals surface area contributed by atoms with Crippen LogP contribution in [0.4, 0.5) is 11.6 Å². The van der Waals surface area contributed by atoms with E-state index in [1.807, 2.05) is 24.3 Å². The second-order valence-corrected chi connectivity index (χ2v) is 5.91. The van der Waals surface area contributed by atoms with E-state index in [0.29, 0.717) is 11.6 Å². The van der Waals surface area contributed by atoms with E-state index in [9.17, 15) is 0 Å². The van der Waals surface area contributed by atoms with Gasteiger partial charge in [0.2, 0.25) is 5.95 Å². The molecule has 0 spiro atoms. The molecule has 6 heteroatoms. The van der Waals surface area contributed by atoms with Gasteiger partial charge in [0.05, 0.1) is 18.8 Å². The molecule has 25 heavy (non-hydrogen) atoms. The minimum Gasteiger partial charge on any atom is -0.399 e. The Morgan fingerprint density at radius 2 is 1.88 bits per heavy atom. The molecule has 3 N–H and O–H groups in total. The quantitative estimate of drug-likeness (QED) is 0.490. The molecule has 1 aromatic heterocycles. The van der Waals surface area contributed by atoms with E-state index in [2.05, 4.69) is 32.0 Å². The highest BCUT2D eigenvalue weighted by Crippen LogP contribution is 2.06. The number of morpholine rings is 1. The summed E-state index contributed by atoms with van der Waals surface area (Å²) in [7, 11) is 0. The van der Waals surface area contributed by atoms with E-state index in [0.717, 1.165) is 56.9 Å². The van der Waals surface area contributed by atoms with E-state index in [4.69, 9.17) is 10.5 Å². The average molecular weight is 337 g/mol. The second kappa shape index (κ2) is 9.02. The lowest BCUT2D eigenvalue weighted by molar-refractivity contribution is 0.0378. The number of rotatable bonds is 5. The summed E-state index contributed by atoms with van der Waals surface area (Å²) in [6.07, 6.45) is 4.52. The van der Waals surface area contributed by atoms with Gasteiger partial charge in [0.1, 0.15) is 0 Å². The highest BCUT2D eigenvalue weighted by molar-refractivity contribution is 5.49. The van der Waals surface area contributed by atoms with Gasteiger partial charge in [-0.3, -0.25) is 4.90 Å². The lowest BCUT2D eigenvalue weighted by Gasteiger charge is -2.26. The van der Waals surface area contributed by atoms with Crippen molar-refractivity contribution in [1.29, 1.82) is 0 Å². The van der Waals surface area contributed by atoms with Crippen LogP contribution in [0.5, 0.6) is 0 Å². The van der Waals surface area contributed by atoms with Crippen molar-refractivity contribution in [2.45, 2.75) is 6.42 Å². The molecule has 0 amide bonds. The van der Waals surface area contributed by atoms with E-state index >= 15 is 0 Å². The van der Waals surface area contributed by atoms with Crippen LogP contribution in [0.2, 0.25) is 0 Å². The fourth-order valence-corrected chi connectivity index (χ4v) is 2.57. The first kappa shape index (κ1) is 17.2. The van der Waals surface area contributed by atoms with Crippen molar-refractivity contribution in [1.82, 2.24) is 14.9 Å². The normalized spacial score (nSPS) is 14.6. The van der Waals surface area contributed by atoms with Crippen molar-refractivity contribution in [3.63, 3.8) is 0 Å². The molecular weight excluding hydrogens is 314 g/mol. The third-order valence-electron chi connectivity index (χ3n) is 3.93. The third kappa shape index (κ3) is 5.75. The number of aromatic nitrogens is 2. The molecule has 1 fully saturated rings. The zero-order chi connectivity index (χ0) is 17.3. The molecule has 2 aromatic rings. The van der Waals surface area contributed by atoms with Gasteiger partial charge in [-0.15, -0.1) is 0 Å². The lowest BCUT2D eigenvalue weighted by atomic mass is 10.2. The Balaban J connectivity index is 1.44. The number of hydrogen-bond acceptors (Lipinski definition) is 6. The number of nitrogens with two attached hydrogens (primary N) is 1. The molecule has 1 aliphatic heterocycles. The molecule has 6 nitrogen and oxygen atoms in total. The molecule has 0 unspecified atom stereocenters. The van der Waals surface area contributed by atoms with Gasteiger partial charge in [-0.05, 0) is 31.2 Å². The van der Waals surface area contributed by atoms with E-state index in [1.165, 1.54) is 0 Å². The van der Waals surface area contributed by atoms with Crippen molar-refractivity contribution >= 4 is 11.6 Å². The summed E-state index contributed by atoms with van der Waals surface area (Å²) in [6.45, 7) is 5.66. The van der Waals surface area contributed by atoms with Gasteiger partial charge in [0.15, 0.2) is 0 Å². The van der Waals surface area contributed by atoms with Crippen LogP contribution in [0, 0.1) is 11.8 Å². The van der Waals surface area contributed by atoms with Crippen LogP contribution in [0.1, 0.15) is 17.5 Å². The van der Waals surface area contributed by atoms with Gasteiger partial charge in [0.25, 0.3) is 0 Å². The fraction of sp³-hybridized carbons (Fsp3) is 0.368. The molecule has 1 aliphatic rings. The average Bonchev–Trinajstić information content (AvgIpc) is 2.65. The minimum absolute atomic E-state index is 0.636. The summed E-state index contributed by atoms with van der Waals surface area (Å²) in [4.78, 5) is 11.0. The SMILES string of the molecule is Nc1cccc(C#Cc2cnc(NCCCN3CCOCC3)nc2)c1. The predicted octanol–water partition coefficient (Wildman–Crippen LogP) is 1.59. The highest BCUT2D eigenvalue weighted by atomic mass is 16.5. The molecule has 1 saturated heterocycles. The number of anilines is 2. The van der Waals surface area contributed by atoms with Crippen molar-refractivity contribution < 1.29 is 4.74 Å². The number of nitrogens with one attached hydrogen (secondary N) is 1. The molecule has 0 aliphatic carbocycles. The topological polar surface area (TPSA) is 76.3 Å². The first-order valence-electron chi connectivity index (χ1n) is 8.53. The van der Waals surface area contributed by atoms with E-state index in [-0.39, 0.29) is 0 Å². The molecule has 0 bridgehead atoms. The van der Waals surface area contributed by atoms with E-state index in [1.54, 1.807) is 12.4 Å². The van der Waals surface area contributed by atoms with Crippen LogP contribution in [-0.4, -0.2) is 54.3 Å². The van der Waals surface area contributed by atoms with Gasteiger partial charge in [-0.2, -0.15) is 0 Å². The molecule has 3 rings (SSSR count). The van der Waals surface area contributed by atoms with Crippen LogP contribution in [0.25, 0.3) is 0 Å². The van der Waals surface area contributed by atoms with Crippen LogP contribution in [-0.2, 0) is 4.74 Å². The number of nitrogens with zero attached hydrogens (tertiary/aromatic N) is 3. The van der Waals surface area contributed by atoms with Gasteiger partial charge < -0.3 is 15.8 Å². The van der Waals surface area contributed by atoms with Gasteiger partial charge >= 0.3 is 0 Å². The highest BCUT2D eigenvalue weighted by Gasteiger charge is 2.09. The molecule has 130 valence electrons. The van der Waals surface area contributed by atoms with Crippen LogP contribution >= 0.6 is 0 Å². The Morgan fingerprint density at radius 1 is 1.12 bits per heavy atom. The number of ether oxygens (including phenoxy) is 1. The Kier molecular flexibility index (Phi) is 6.21.